The molecule has 3 rings (SSSR count). The second-order valence-electron chi connectivity index (χ2n) is 5.70. The van der Waals surface area contributed by atoms with Crippen molar-refractivity contribution in [2.75, 3.05) is 6.61 Å². The smallest absolute Gasteiger partial charge is 0.464 e. The summed E-state index contributed by atoms with van der Waals surface area (Å²) >= 11 is 3.94. The number of alkyl halides is 1. The fourth-order valence-corrected chi connectivity index (χ4v) is 4.98. The van der Waals surface area contributed by atoms with Crippen LogP contribution in [0.15, 0.2) is 0 Å². The van der Waals surface area contributed by atoms with Gasteiger partial charge in [0.2, 0.25) is 0 Å². The predicted molar refractivity (Wildman–Crippen MR) is 82.1 cm³/mol. The van der Waals surface area contributed by atoms with Crippen molar-refractivity contribution < 1.29 is 23.8 Å². The van der Waals surface area contributed by atoms with Crippen LogP contribution in [0.2, 0.25) is 0 Å². The van der Waals surface area contributed by atoms with Gasteiger partial charge in [-0.15, -0.1) is 11.8 Å². The molecule has 0 aromatic carbocycles. The van der Waals surface area contributed by atoms with Crippen LogP contribution >= 0.6 is 34.4 Å². The van der Waals surface area contributed by atoms with Gasteiger partial charge in [-0.3, -0.25) is 4.79 Å². The van der Waals surface area contributed by atoms with E-state index in [2.05, 4.69) is 22.6 Å². The third-order valence-electron chi connectivity index (χ3n) is 4.33. The van der Waals surface area contributed by atoms with E-state index in [4.69, 9.17) is 14.2 Å². The summed E-state index contributed by atoms with van der Waals surface area (Å²) in [5, 5.41) is 0.489. The van der Waals surface area contributed by atoms with Crippen LogP contribution in [0.5, 0.6) is 0 Å². The van der Waals surface area contributed by atoms with E-state index in [-0.39, 0.29) is 34.6 Å². The molecule has 0 aliphatic carbocycles. The Bertz CT molecular complexity index is 440. The van der Waals surface area contributed by atoms with Crippen LogP contribution in [0.25, 0.3) is 0 Å². The molecule has 0 spiro atoms. The molecule has 3 heterocycles. The molecule has 6 unspecified atom stereocenters. The number of ether oxygens (including phenoxy) is 3. The van der Waals surface area contributed by atoms with Crippen LogP contribution in [-0.4, -0.2) is 44.9 Å². The fraction of sp³-hybridized carbons (Fsp3) is 0.846. The monoisotopic (exact) mass is 412 g/mol. The van der Waals surface area contributed by atoms with Crippen molar-refractivity contribution in [3.05, 3.63) is 0 Å². The summed E-state index contributed by atoms with van der Waals surface area (Å²) in [4.78, 5) is 23.2. The number of carbonyl (C=O) groups excluding carboxylic acids is 2. The fourth-order valence-electron chi connectivity index (χ4n) is 2.92. The molecule has 7 heteroatoms. The molecular weight excluding hydrogens is 395 g/mol. The lowest BCUT2D eigenvalue weighted by Crippen LogP contribution is -2.41. The maximum Gasteiger partial charge on any atom is 0.509 e. The van der Waals surface area contributed by atoms with E-state index in [1.165, 1.54) is 0 Å². The molecule has 0 amide bonds. The summed E-state index contributed by atoms with van der Waals surface area (Å²) in [6, 6.07) is 0. The van der Waals surface area contributed by atoms with Crippen molar-refractivity contribution in [3.8, 4) is 0 Å². The minimum atomic E-state index is -0.557. The standard InChI is InChI=1S/C13H17IO5S/c1-3-13(2,14)11(15)17-5-6-4-7-8-9(10(6)20-7)19-12(16)18-8/h6-10H,3-5H2,1-2H3. The average molecular weight is 412 g/mol. The van der Waals surface area contributed by atoms with Gasteiger partial charge < -0.3 is 14.2 Å². The maximum absolute atomic E-state index is 12.0. The largest absolute Gasteiger partial charge is 0.509 e. The summed E-state index contributed by atoms with van der Waals surface area (Å²) < 4.78 is 15.4. The van der Waals surface area contributed by atoms with E-state index in [9.17, 15) is 9.59 Å². The zero-order valence-corrected chi connectivity index (χ0v) is 14.3. The highest BCUT2D eigenvalue weighted by Gasteiger charge is 2.60. The van der Waals surface area contributed by atoms with Gasteiger partial charge in [-0.2, -0.15) is 0 Å². The van der Waals surface area contributed by atoms with E-state index in [1.54, 1.807) is 11.8 Å². The van der Waals surface area contributed by atoms with Gasteiger partial charge in [0.05, 0.1) is 11.9 Å². The van der Waals surface area contributed by atoms with Gasteiger partial charge in [-0.1, -0.05) is 29.5 Å². The zero-order chi connectivity index (χ0) is 14.5. The third kappa shape index (κ3) is 2.40. The van der Waals surface area contributed by atoms with Crippen LogP contribution in [0.3, 0.4) is 0 Å². The van der Waals surface area contributed by atoms with Crippen LogP contribution < -0.4 is 0 Å². The molecule has 3 aliphatic rings. The number of thioether (sulfide) groups is 1. The predicted octanol–water partition coefficient (Wildman–Crippen LogP) is 2.54. The summed E-state index contributed by atoms with van der Waals surface area (Å²) in [7, 11) is 0. The first-order valence-corrected chi connectivity index (χ1v) is 8.83. The normalized spacial score (nSPS) is 40.8. The molecular formula is C13H17IO5S. The third-order valence-corrected chi connectivity index (χ3v) is 7.31. The lowest BCUT2D eigenvalue weighted by Gasteiger charge is -2.27. The molecule has 3 aliphatic heterocycles. The first-order valence-electron chi connectivity index (χ1n) is 6.81. The molecule has 0 radical (unpaired) electrons. The van der Waals surface area contributed by atoms with Crippen LogP contribution in [-0.2, 0) is 19.0 Å². The minimum Gasteiger partial charge on any atom is -0.464 e. The molecule has 0 N–H and O–H groups in total. The Labute approximate surface area is 135 Å². The van der Waals surface area contributed by atoms with Crippen LogP contribution in [0, 0.1) is 5.92 Å². The Kier molecular flexibility index (Phi) is 3.85. The van der Waals surface area contributed by atoms with E-state index < -0.39 is 9.58 Å². The molecule has 5 nitrogen and oxygen atoms in total. The molecule has 0 aromatic rings. The Balaban J connectivity index is 1.56. The number of halogens is 1. The summed E-state index contributed by atoms with van der Waals surface area (Å²) in [6.45, 7) is 4.27. The number of hydrogen-bond acceptors (Lipinski definition) is 6. The molecule has 3 saturated heterocycles. The number of fused-ring (bicyclic) bond motifs is 5. The van der Waals surface area contributed by atoms with Gasteiger partial charge in [0.25, 0.3) is 0 Å². The van der Waals surface area contributed by atoms with Gasteiger partial charge in [0.15, 0.2) is 12.2 Å². The van der Waals surface area contributed by atoms with Crippen molar-refractivity contribution in [1.82, 2.24) is 0 Å². The molecule has 2 bridgehead atoms. The zero-order valence-electron chi connectivity index (χ0n) is 11.3. The Morgan fingerprint density at radius 1 is 1.50 bits per heavy atom. The van der Waals surface area contributed by atoms with Crippen molar-refractivity contribution in [1.29, 1.82) is 0 Å². The van der Waals surface area contributed by atoms with E-state index in [0.717, 1.165) is 12.8 Å². The van der Waals surface area contributed by atoms with E-state index in [1.807, 2.05) is 13.8 Å². The van der Waals surface area contributed by atoms with E-state index >= 15 is 0 Å². The van der Waals surface area contributed by atoms with Crippen molar-refractivity contribution in [3.63, 3.8) is 0 Å². The highest BCUT2D eigenvalue weighted by atomic mass is 127. The number of esters is 1. The Morgan fingerprint density at radius 3 is 2.90 bits per heavy atom. The van der Waals surface area contributed by atoms with Gasteiger partial charge in [-0.05, 0) is 19.8 Å². The number of hydrogen-bond donors (Lipinski definition) is 0. The Hall–Kier alpha value is -0.180. The summed E-state index contributed by atoms with van der Waals surface area (Å²) in [5.41, 5.74) is 0. The maximum atomic E-state index is 12.0. The molecule has 6 atom stereocenters. The lowest BCUT2D eigenvalue weighted by atomic mass is 9.86. The number of rotatable bonds is 4. The van der Waals surface area contributed by atoms with Crippen molar-refractivity contribution in [2.45, 2.75) is 52.8 Å². The quantitative estimate of drug-likeness (QED) is 0.402. The van der Waals surface area contributed by atoms with Crippen molar-refractivity contribution in [2.24, 2.45) is 5.92 Å². The molecule has 3 fully saturated rings. The second kappa shape index (κ2) is 5.23. The first-order chi connectivity index (χ1) is 9.42. The molecule has 20 heavy (non-hydrogen) atoms. The molecule has 0 saturated carbocycles. The second-order valence-corrected chi connectivity index (χ2v) is 9.50. The topological polar surface area (TPSA) is 61.8 Å². The Morgan fingerprint density at radius 2 is 2.20 bits per heavy atom. The average Bonchev–Trinajstić information content (AvgIpc) is 3.05. The summed E-state index contributed by atoms with van der Waals surface area (Å²) in [6.07, 6.45) is 0.847. The SMILES string of the molecule is CCC(C)(I)C(=O)OCC1CC2SC1C1OC(=O)OC21. The van der Waals surface area contributed by atoms with Crippen LogP contribution in [0.4, 0.5) is 4.79 Å². The van der Waals surface area contributed by atoms with Crippen molar-refractivity contribution >= 4 is 46.5 Å². The summed E-state index contributed by atoms with van der Waals surface area (Å²) in [5.74, 6) is 0.0957. The number of carbonyl (C=O) groups is 2. The molecule has 0 aromatic heterocycles. The van der Waals surface area contributed by atoms with Crippen LogP contribution in [0.1, 0.15) is 26.7 Å². The van der Waals surface area contributed by atoms with Gasteiger partial charge in [-0.25, -0.2) is 4.79 Å². The lowest BCUT2D eigenvalue weighted by molar-refractivity contribution is -0.147. The minimum absolute atomic E-state index is 0.102. The van der Waals surface area contributed by atoms with Gasteiger partial charge in [0.1, 0.15) is 3.42 Å². The van der Waals surface area contributed by atoms with Gasteiger partial charge >= 0.3 is 12.1 Å². The van der Waals surface area contributed by atoms with Gasteiger partial charge in [0, 0.05) is 11.2 Å². The first kappa shape index (κ1) is 14.7. The van der Waals surface area contributed by atoms with E-state index in [0.29, 0.717) is 6.61 Å². The highest BCUT2D eigenvalue weighted by Crippen LogP contribution is 2.53. The molecule has 112 valence electrons. The highest BCUT2D eigenvalue weighted by molar-refractivity contribution is 14.1.